The first-order valence-electron chi connectivity index (χ1n) is 13.3. The lowest BCUT2D eigenvalue weighted by molar-refractivity contribution is -0.165. The van der Waals surface area contributed by atoms with E-state index >= 15 is 0 Å². The van der Waals surface area contributed by atoms with E-state index in [-0.39, 0.29) is 42.4 Å². The van der Waals surface area contributed by atoms with E-state index in [1.165, 1.54) is 12.1 Å². The van der Waals surface area contributed by atoms with E-state index in [0.29, 0.717) is 36.5 Å². The highest BCUT2D eigenvalue weighted by Crippen LogP contribution is 2.59. The number of amides is 1. The average molecular weight is 588 g/mol. The Hall–Kier alpha value is -4.20. The third kappa shape index (κ3) is 5.50. The van der Waals surface area contributed by atoms with Crippen molar-refractivity contribution >= 4 is 11.7 Å². The highest BCUT2D eigenvalue weighted by Gasteiger charge is 2.66. The van der Waals surface area contributed by atoms with Gasteiger partial charge in [-0.25, -0.2) is 18.7 Å². The molecule has 1 aliphatic carbocycles. The molecule has 1 unspecified atom stereocenters. The van der Waals surface area contributed by atoms with Crippen LogP contribution in [0.1, 0.15) is 41.6 Å². The molecule has 4 aromatic rings. The summed E-state index contributed by atoms with van der Waals surface area (Å²) in [6.07, 6.45) is 0.971. The van der Waals surface area contributed by atoms with Gasteiger partial charge in [-0.3, -0.25) is 9.48 Å². The van der Waals surface area contributed by atoms with Crippen LogP contribution in [0.15, 0.2) is 53.6 Å². The molecule has 6 rings (SSSR count). The van der Waals surface area contributed by atoms with Gasteiger partial charge >= 0.3 is 6.18 Å². The summed E-state index contributed by atoms with van der Waals surface area (Å²) in [6, 6.07) is 5.05. The Morgan fingerprint density at radius 2 is 1.88 bits per heavy atom. The van der Waals surface area contributed by atoms with E-state index in [0.717, 1.165) is 11.6 Å². The van der Waals surface area contributed by atoms with Crippen molar-refractivity contribution < 1.29 is 31.3 Å². The van der Waals surface area contributed by atoms with Gasteiger partial charge in [0.25, 0.3) is 0 Å². The molecule has 0 spiro atoms. The van der Waals surface area contributed by atoms with Crippen molar-refractivity contribution in [3.05, 3.63) is 77.6 Å². The van der Waals surface area contributed by atoms with Gasteiger partial charge in [0.05, 0.1) is 18.7 Å². The number of benzene rings is 1. The van der Waals surface area contributed by atoms with Gasteiger partial charge < -0.3 is 14.7 Å². The Morgan fingerprint density at radius 3 is 2.52 bits per heavy atom. The minimum absolute atomic E-state index is 0.0902. The number of likely N-dealkylation sites (N-methyl/N-ethyl adjacent to an activating group) is 1. The van der Waals surface area contributed by atoms with E-state index in [2.05, 4.69) is 25.5 Å². The molecule has 1 aliphatic heterocycles. The predicted octanol–water partition coefficient (Wildman–Crippen LogP) is 4.66. The molecule has 3 aromatic heterocycles. The molecular formula is C28H26F5N7O2. The lowest BCUT2D eigenvalue weighted by Crippen LogP contribution is -2.28. The Bertz CT molecular complexity index is 1600. The Kier molecular flexibility index (Phi) is 7.03. The van der Waals surface area contributed by atoms with Gasteiger partial charge in [0.2, 0.25) is 5.91 Å². The maximum atomic E-state index is 14.9. The molecule has 42 heavy (non-hydrogen) atoms. The molecule has 1 aromatic carbocycles. The molecule has 0 bridgehead atoms. The zero-order valence-electron chi connectivity index (χ0n) is 22.4. The third-order valence-corrected chi connectivity index (χ3v) is 7.74. The molecule has 1 saturated heterocycles. The predicted molar refractivity (Wildman–Crippen MR) is 140 cm³/mol. The summed E-state index contributed by atoms with van der Waals surface area (Å²) in [4.78, 5) is 23.1. The van der Waals surface area contributed by atoms with Gasteiger partial charge in [0.1, 0.15) is 23.2 Å². The highest BCUT2D eigenvalue weighted by atomic mass is 19.4. The summed E-state index contributed by atoms with van der Waals surface area (Å²) in [7, 11) is 1.87. The lowest BCUT2D eigenvalue weighted by atomic mass is 10.0. The van der Waals surface area contributed by atoms with Crippen molar-refractivity contribution in [3.63, 3.8) is 0 Å². The van der Waals surface area contributed by atoms with Crippen LogP contribution in [-0.2, 0) is 23.1 Å². The maximum Gasteiger partial charge on any atom is 0.401 e. The minimum atomic E-state index is -4.47. The lowest BCUT2D eigenvalue weighted by Gasteiger charge is -2.14. The molecule has 14 heteroatoms. The molecular weight excluding hydrogens is 561 g/mol. The van der Waals surface area contributed by atoms with E-state index in [1.807, 2.05) is 11.9 Å². The second-order valence-electron chi connectivity index (χ2n) is 10.9. The van der Waals surface area contributed by atoms with E-state index in [4.69, 9.17) is 4.52 Å². The quantitative estimate of drug-likeness (QED) is 0.299. The zero-order chi connectivity index (χ0) is 29.6. The maximum absolute atomic E-state index is 14.9. The number of halogens is 5. The number of rotatable bonds is 8. The van der Waals surface area contributed by atoms with Crippen molar-refractivity contribution in [1.29, 1.82) is 0 Å². The topological polar surface area (TPSA) is 102 Å². The number of anilines is 1. The Morgan fingerprint density at radius 1 is 1.12 bits per heavy atom. The van der Waals surface area contributed by atoms with Crippen molar-refractivity contribution in [2.24, 2.45) is 0 Å². The molecule has 0 radical (unpaired) electrons. The summed E-state index contributed by atoms with van der Waals surface area (Å²) >= 11 is 0. The summed E-state index contributed by atoms with van der Waals surface area (Å²) in [6.45, 7) is 0.958. The number of alkyl halides is 4. The number of nitrogens with zero attached hydrogens (tertiary/aromatic N) is 6. The van der Waals surface area contributed by atoms with Crippen LogP contribution in [0.2, 0.25) is 0 Å². The number of hydrogen-bond donors (Lipinski definition) is 1. The summed E-state index contributed by atoms with van der Waals surface area (Å²) < 4.78 is 75.4. The number of aromatic nitrogens is 5. The summed E-state index contributed by atoms with van der Waals surface area (Å²) in [5.41, 5.74) is -0.0613. The fourth-order valence-electron chi connectivity index (χ4n) is 5.19. The van der Waals surface area contributed by atoms with Crippen LogP contribution < -0.4 is 5.32 Å². The van der Waals surface area contributed by atoms with Crippen molar-refractivity contribution in [1.82, 2.24) is 29.8 Å². The van der Waals surface area contributed by atoms with Crippen molar-refractivity contribution in [3.8, 4) is 11.1 Å². The van der Waals surface area contributed by atoms with E-state index in [1.54, 1.807) is 35.5 Å². The minimum Gasteiger partial charge on any atom is -0.358 e. The largest absolute Gasteiger partial charge is 0.401 e. The van der Waals surface area contributed by atoms with Gasteiger partial charge in [-0.2, -0.15) is 18.3 Å². The first kappa shape index (κ1) is 27.9. The molecule has 1 amide bonds. The van der Waals surface area contributed by atoms with Crippen LogP contribution in [0.5, 0.6) is 0 Å². The fraction of sp³-hybridized carbons (Fsp3) is 0.393. The van der Waals surface area contributed by atoms with Gasteiger partial charge in [0.15, 0.2) is 11.6 Å². The van der Waals surface area contributed by atoms with Crippen LogP contribution in [0.4, 0.5) is 27.8 Å². The molecule has 220 valence electrons. The standard InChI is InChI=1S/C28H26F5N7O2/c1-39-14-21(30)22(15-39)40-13-16(10-36-40)6-24-34-11-19(12-35-24)17-2-3-18(20(29)7-17)8-26(41)37-25-9-23(42-38-25)27(4-5-27)28(31,32)33/h2-3,7,9-13,21-22H,4-6,8,14-15H2,1H3,(H,37,38,41)/t21-,22?/m1/s1. The highest BCUT2D eigenvalue weighted by molar-refractivity contribution is 5.91. The molecule has 1 N–H and O–H groups in total. The van der Waals surface area contributed by atoms with Crippen LogP contribution in [0, 0.1) is 5.82 Å². The number of hydrogen-bond acceptors (Lipinski definition) is 7. The molecule has 9 nitrogen and oxygen atoms in total. The molecule has 2 fully saturated rings. The van der Waals surface area contributed by atoms with E-state index in [9.17, 15) is 26.7 Å². The molecule has 2 atom stereocenters. The monoisotopic (exact) mass is 587 g/mol. The fourth-order valence-corrected chi connectivity index (χ4v) is 5.19. The first-order valence-corrected chi connectivity index (χ1v) is 13.3. The van der Waals surface area contributed by atoms with Crippen LogP contribution in [0.25, 0.3) is 11.1 Å². The van der Waals surface area contributed by atoms with Gasteiger partial charge in [-0.1, -0.05) is 17.3 Å². The second kappa shape index (κ2) is 10.6. The second-order valence-corrected chi connectivity index (χ2v) is 10.9. The number of carbonyl (C=O) groups excluding carboxylic acids is 1. The first-order chi connectivity index (χ1) is 20.0. The third-order valence-electron chi connectivity index (χ3n) is 7.74. The van der Waals surface area contributed by atoms with E-state index < -0.39 is 29.5 Å². The number of likely N-dealkylation sites (tertiary alicyclic amines) is 1. The number of nitrogens with one attached hydrogen (secondary N) is 1. The number of carbonyl (C=O) groups is 1. The van der Waals surface area contributed by atoms with Gasteiger partial charge in [0, 0.05) is 49.7 Å². The normalized spacial score (nSPS) is 20.1. The molecule has 4 heterocycles. The van der Waals surface area contributed by atoms with Gasteiger partial charge in [-0.15, -0.1) is 0 Å². The zero-order valence-corrected chi connectivity index (χ0v) is 22.4. The van der Waals surface area contributed by atoms with Gasteiger partial charge in [-0.05, 0) is 42.6 Å². The average Bonchev–Trinajstić information content (AvgIpc) is 3.23. The Balaban J connectivity index is 1.06. The summed E-state index contributed by atoms with van der Waals surface area (Å²) in [5.74, 6) is -1.29. The summed E-state index contributed by atoms with van der Waals surface area (Å²) in [5, 5.41) is 10.2. The van der Waals surface area contributed by atoms with Crippen LogP contribution in [-0.4, -0.2) is 68.2 Å². The Labute approximate surface area is 236 Å². The SMILES string of the molecule is CN1CC(n2cc(Cc3ncc(-c4ccc(CC(=O)Nc5cc(C6(C(F)(F)F)CC6)on5)c(F)c4)cn3)cn2)[C@H](F)C1. The van der Waals surface area contributed by atoms with Crippen LogP contribution in [0.3, 0.4) is 0 Å². The smallest absolute Gasteiger partial charge is 0.358 e. The van der Waals surface area contributed by atoms with Crippen LogP contribution >= 0.6 is 0 Å². The van der Waals surface area contributed by atoms with Crippen molar-refractivity contribution in [2.45, 2.75) is 49.5 Å². The molecule has 1 saturated carbocycles. The molecule has 2 aliphatic rings. The van der Waals surface area contributed by atoms with Crippen molar-refractivity contribution in [2.75, 3.05) is 25.5 Å².